The van der Waals surface area contributed by atoms with Crippen molar-refractivity contribution in [1.82, 2.24) is 20.3 Å². The minimum Gasteiger partial charge on any atom is -0.477 e. The average molecular weight is 362 g/mol. The Morgan fingerprint density at radius 1 is 1.29 bits per heavy atom. The zero-order valence-electron chi connectivity index (χ0n) is 12.6. The third kappa shape index (κ3) is 2.80. The molecule has 1 aliphatic rings. The van der Waals surface area contributed by atoms with Gasteiger partial charge in [-0.3, -0.25) is 4.79 Å². The van der Waals surface area contributed by atoms with Crippen LogP contribution >= 0.6 is 22.7 Å². The molecule has 1 aliphatic carbocycles. The molecule has 0 aliphatic heterocycles. The van der Waals surface area contributed by atoms with Crippen LogP contribution in [0.5, 0.6) is 0 Å². The van der Waals surface area contributed by atoms with Crippen LogP contribution in [-0.4, -0.2) is 32.0 Å². The van der Waals surface area contributed by atoms with Gasteiger partial charge in [-0.1, -0.05) is 5.21 Å². The molecule has 0 aromatic carbocycles. The van der Waals surface area contributed by atoms with Crippen molar-refractivity contribution in [1.29, 1.82) is 0 Å². The lowest BCUT2D eigenvalue weighted by Gasteiger charge is -2.24. The van der Waals surface area contributed by atoms with E-state index >= 15 is 0 Å². The van der Waals surface area contributed by atoms with Gasteiger partial charge in [-0.2, -0.15) is 0 Å². The number of aromatic nitrogens is 3. The number of aromatic carboxylic acids is 1. The minimum absolute atomic E-state index is 0.247. The lowest BCUT2D eigenvalue weighted by molar-refractivity contribution is 0.0702. The summed E-state index contributed by atoms with van der Waals surface area (Å²) in [6, 6.07) is 3.97. The molecule has 9 heteroatoms. The molecule has 0 bridgehead atoms. The fraction of sp³-hybridized carbons (Fsp3) is 0.333. The molecule has 1 amide bonds. The highest BCUT2D eigenvalue weighted by atomic mass is 32.1. The first-order chi connectivity index (χ1) is 11.6. The van der Waals surface area contributed by atoms with Crippen LogP contribution in [0.15, 0.2) is 18.3 Å². The lowest BCUT2D eigenvalue weighted by atomic mass is 9.93. The molecule has 24 heavy (non-hydrogen) atoms. The Balaban J connectivity index is 1.40. The van der Waals surface area contributed by atoms with Gasteiger partial charge in [-0.25, -0.2) is 9.48 Å². The van der Waals surface area contributed by atoms with E-state index in [-0.39, 0.29) is 5.91 Å². The second-order valence-electron chi connectivity index (χ2n) is 5.71. The van der Waals surface area contributed by atoms with E-state index in [0.29, 0.717) is 23.2 Å². The predicted molar refractivity (Wildman–Crippen MR) is 90.7 cm³/mol. The van der Waals surface area contributed by atoms with Crippen molar-refractivity contribution in [3.63, 3.8) is 0 Å². The van der Waals surface area contributed by atoms with Gasteiger partial charge in [-0.15, -0.1) is 27.8 Å². The van der Waals surface area contributed by atoms with Crippen molar-refractivity contribution < 1.29 is 14.7 Å². The van der Waals surface area contributed by atoms with Crippen LogP contribution in [0, 0.1) is 0 Å². The minimum atomic E-state index is -0.909. The molecular weight excluding hydrogens is 348 g/mol. The second-order valence-corrected chi connectivity index (χ2v) is 7.96. The number of amides is 1. The number of hydrogen-bond acceptors (Lipinski definition) is 6. The van der Waals surface area contributed by atoms with Gasteiger partial charge < -0.3 is 10.4 Å². The molecule has 0 unspecified atom stereocenters. The molecule has 0 atom stereocenters. The highest BCUT2D eigenvalue weighted by molar-refractivity contribution is 7.28. The maximum absolute atomic E-state index is 12.2. The summed E-state index contributed by atoms with van der Waals surface area (Å²) in [7, 11) is 0. The van der Waals surface area contributed by atoms with Gasteiger partial charge in [0, 0.05) is 14.3 Å². The summed E-state index contributed by atoms with van der Waals surface area (Å²) >= 11 is 2.73. The van der Waals surface area contributed by atoms with Gasteiger partial charge in [0.05, 0.1) is 18.8 Å². The summed E-state index contributed by atoms with van der Waals surface area (Å²) in [5.74, 6) is -1.16. The molecule has 3 heterocycles. The molecule has 1 fully saturated rings. The monoisotopic (exact) mass is 362 g/mol. The third-order valence-electron chi connectivity index (χ3n) is 4.08. The van der Waals surface area contributed by atoms with E-state index in [4.69, 9.17) is 5.11 Å². The van der Waals surface area contributed by atoms with Crippen molar-refractivity contribution in [2.45, 2.75) is 31.8 Å². The maximum Gasteiger partial charge on any atom is 0.345 e. The Morgan fingerprint density at radius 3 is 2.75 bits per heavy atom. The Morgan fingerprint density at radius 2 is 2.08 bits per heavy atom. The SMILES string of the molecule is O=C(NCc1cc2sc(C(=O)O)cc2s1)c1cn(C2CCC2)nn1. The standard InChI is InChI=1S/C15H14N4O3S2/c20-14(10-7-19(18-17-10)8-2-1-3-8)16-6-9-4-11-12(23-9)5-13(24-11)15(21)22/h4-5,7-8H,1-3,6H2,(H,16,20)(H,21,22). The Kier molecular flexibility index (Phi) is 3.81. The lowest BCUT2D eigenvalue weighted by Crippen LogP contribution is -2.22. The van der Waals surface area contributed by atoms with Crippen LogP contribution in [-0.2, 0) is 6.54 Å². The van der Waals surface area contributed by atoms with E-state index in [1.807, 2.05) is 6.07 Å². The smallest absolute Gasteiger partial charge is 0.345 e. The molecule has 0 spiro atoms. The summed E-state index contributed by atoms with van der Waals surface area (Å²) in [6.07, 6.45) is 5.08. The summed E-state index contributed by atoms with van der Waals surface area (Å²) < 4.78 is 3.63. The van der Waals surface area contributed by atoms with Crippen molar-refractivity contribution in [2.24, 2.45) is 0 Å². The zero-order valence-corrected chi connectivity index (χ0v) is 14.2. The quantitative estimate of drug-likeness (QED) is 0.727. The fourth-order valence-corrected chi connectivity index (χ4v) is 4.75. The molecule has 124 valence electrons. The number of nitrogens with zero attached hydrogens (tertiary/aromatic N) is 3. The first kappa shape index (κ1) is 15.3. The number of rotatable bonds is 5. The summed E-state index contributed by atoms with van der Waals surface area (Å²) in [4.78, 5) is 24.4. The number of nitrogens with one attached hydrogen (secondary N) is 1. The number of carboxylic acids is 1. The Hall–Kier alpha value is -2.26. The van der Waals surface area contributed by atoms with Gasteiger partial charge in [0.2, 0.25) is 0 Å². The number of carboxylic acid groups (broad SMARTS) is 1. The van der Waals surface area contributed by atoms with Gasteiger partial charge in [-0.05, 0) is 31.4 Å². The molecular formula is C15H14N4O3S2. The van der Waals surface area contributed by atoms with Crippen LogP contribution in [0.2, 0.25) is 0 Å². The molecule has 3 aromatic rings. The normalized spacial score (nSPS) is 14.7. The van der Waals surface area contributed by atoms with Crippen molar-refractivity contribution >= 4 is 43.9 Å². The summed E-state index contributed by atoms with van der Waals surface area (Å²) in [5, 5.41) is 19.8. The van der Waals surface area contributed by atoms with E-state index < -0.39 is 5.97 Å². The molecule has 0 radical (unpaired) electrons. The first-order valence-corrected chi connectivity index (χ1v) is 9.19. The number of thiophene rings is 2. The van der Waals surface area contributed by atoms with Crippen molar-refractivity contribution in [2.75, 3.05) is 0 Å². The molecule has 2 N–H and O–H groups in total. The molecule has 7 nitrogen and oxygen atoms in total. The Labute approximate surface area is 144 Å². The average Bonchev–Trinajstić information content (AvgIpc) is 3.16. The van der Waals surface area contributed by atoms with Crippen LogP contribution in [0.25, 0.3) is 9.40 Å². The van der Waals surface area contributed by atoms with Crippen LogP contribution < -0.4 is 5.32 Å². The predicted octanol–water partition coefficient (Wildman–Crippen LogP) is 2.91. The first-order valence-electron chi connectivity index (χ1n) is 7.56. The van der Waals surface area contributed by atoms with E-state index in [0.717, 1.165) is 27.1 Å². The largest absolute Gasteiger partial charge is 0.477 e. The van der Waals surface area contributed by atoms with Gasteiger partial charge >= 0.3 is 5.97 Å². The molecule has 3 aromatic heterocycles. The van der Waals surface area contributed by atoms with E-state index in [9.17, 15) is 9.59 Å². The second kappa shape index (κ2) is 5.99. The third-order valence-corrected chi connectivity index (χ3v) is 6.37. The molecule has 1 saturated carbocycles. The number of carbonyl (C=O) groups is 2. The summed E-state index contributed by atoms with van der Waals surface area (Å²) in [5.41, 5.74) is 0.327. The topological polar surface area (TPSA) is 97.1 Å². The number of hydrogen-bond donors (Lipinski definition) is 2. The molecule has 0 saturated heterocycles. The van der Waals surface area contributed by atoms with E-state index in [1.165, 1.54) is 29.1 Å². The molecule has 4 rings (SSSR count). The zero-order chi connectivity index (χ0) is 16.7. The number of fused-ring (bicyclic) bond motifs is 1. The van der Waals surface area contributed by atoms with E-state index in [2.05, 4.69) is 15.6 Å². The van der Waals surface area contributed by atoms with Crippen molar-refractivity contribution in [3.05, 3.63) is 33.8 Å². The van der Waals surface area contributed by atoms with Gasteiger partial charge in [0.1, 0.15) is 4.88 Å². The Bertz CT molecular complexity index is 891. The van der Waals surface area contributed by atoms with Crippen LogP contribution in [0.1, 0.15) is 50.3 Å². The van der Waals surface area contributed by atoms with Crippen molar-refractivity contribution in [3.8, 4) is 0 Å². The summed E-state index contributed by atoms with van der Waals surface area (Å²) in [6.45, 7) is 0.392. The van der Waals surface area contributed by atoms with Gasteiger partial charge in [0.25, 0.3) is 5.91 Å². The highest BCUT2D eigenvalue weighted by Gasteiger charge is 2.22. The number of carbonyl (C=O) groups excluding carboxylic acids is 1. The van der Waals surface area contributed by atoms with Crippen LogP contribution in [0.4, 0.5) is 0 Å². The van der Waals surface area contributed by atoms with E-state index in [1.54, 1.807) is 16.9 Å². The van der Waals surface area contributed by atoms with Crippen LogP contribution in [0.3, 0.4) is 0 Å². The fourth-order valence-electron chi connectivity index (χ4n) is 2.55. The highest BCUT2D eigenvalue weighted by Crippen LogP contribution is 2.33. The van der Waals surface area contributed by atoms with Gasteiger partial charge in [0.15, 0.2) is 5.69 Å². The maximum atomic E-state index is 12.2.